The van der Waals surface area contributed by atoms with Crippen molar-refractivity contribution in [3.05, 3.63) is 6.42 Å². The summed E-state index contributed by atoms with van der Waals surface area (Å²) in [7, 11) is 0. The molecule has 0 aromatic heterocycles. The number of ketones is 4. The maximum Gasteiger partial charge on any atom is 0.208 e. The standard InChI is InChI=1S/C7H10O3.C4H7O.C2H3O.H2O.Y/c1-4(5(2)8)7(10)6(3)9;1-3-4(2)5;1-2-3;;/h4H,1-3H3;3H,1-2H3;1H3;1H2;/q;2*-1;;. The van der Waals surface area contributed by atoms with Crippen molar-refractivity contribution in [1.82, 2.24) is 0 Å². The molecule has 0 saturated carbocycles. The second-order valence-corrected chi connectivity index (χ2v) is 3.36. The van der Waals surface area contributed by atoms with Gasteiger partial charge in [-0.2, -0.15) is 13.8 Å². The van der Waals surface area contributed by atoms with E-state index in [1.165, 1.54) is 47.3 Å². The van der Waals surface area contributed by atoms with E-state index in [2.05, 4.69) is 0 Å². The molecule has 0 aromatic carbocycles. The molecule has 0 aliphatic carbocycles. The minimum atomic E-state index is -0.766. The third kappa shape index (κ3) is 26.0. The van der Waals surface area contributed by atoms with Crippen LogP contribution in [0.5, 0.6) is 0 Å². The molecule has 2 N–H and O–H groups in total. The Balaban J connectivity index is -0.0000000642. The summed E-state index contributed by atoms with van der Waals surface area (Å²) in [6.07, 6.45) is 3.03. The predicted molar refractivity (Wildman–Crippen MR) is 71.2 cm³/mol. The fraction of sp³-hybridized carbons (Fsp3) is 0.538. The van der Waals surface area contributed by atoms with E-state index in [1.807, 2.05) is 0 Å². The van der Waals surface area contributed by atoms with E-state index in [9.17, 15) is 19.2 Å². The predicted octanol–water partition coefficient (Wildman–Crippen LogP) is 0.458. The summed E-state index contributed by atoms with van der Waals surface area (Å²) in [5.74, 6) is -2.06. The summed E-state index contributed by atoms with van der Waals surface area (Å²) in [6.45, 7) is 8.47. The normalized spacial score (nSPS) is 8.50. The van der Waals surface area contributed by atoms with E-state index < -0.39 is 17.5 Å². The van der Waals surface area contributed by atoms with Crippen molar-refractivity contribution < 1.29 is 62.2 Å². The third-order valence-corrected chi connectivity index (χ3v) is 1.76. The number of carbonyl (C=O) groups is 4. The van der Waals surface area contributed by atoms with Crippen LogP contribution in [0.25, 0.3) is 0 Å². The Morgan fingerprint density at radius 2 is 1.30 bits per heavy atom. The number of hydrogen-bond donors (Lipinski definition) is 0. The molecule has 115 valence electrons. The van der Waals surface area contributed by atoms with Crippen molar-refractivity contribution in [2.75, 3.05) is 0 Å². The van der Waals surface area contributed by atoms with Crippen LogP contribution in [0.1, 0.15) is 41.5 Å². The van der Waals surface area contributed by atoms with Gasteiger partial charge in [-0.25, -0.2) is 0 Å². The van der Waals surface area contributed by atoms with Crippen LogP contribution in [0, 0.1) is 12.3 Å². The molecule has 6 nitrogen and oxygen atoms in total. The molecule has 1 atom stereocenters. The van der Waals surface area contributed by atoms with E-state index in [1.54, 1.807) is 6.92 Å². The number of hydrogen-bond acceptors (Lipinski definition) is 5. The third-order valence-electron chi connectivity index (χ3n) is 1.76. The fourth-order valence-electron chi connectivity index (χ4n) is 0.490. The molecule has 1 unspecified atom stereocenters. The zero-order valence-electron chi connectivity index (χ0n) is 12.8. The first-order valence-electron chi connectivity index (χ1n) is 5.29. The quantitative estimate of drug-likeness (QED) is 0.409. The number of rotatable bonds is 4. The molecule has 0 bridgehead atoms. The van der Waals surface area contributed by atoms with Gasteiger partial charge in [-0.1, -0.05) is 0 Å². The van der Waals surface area contributed by atoms with Gasteiger partial charge in [-0.3, -0.25) is 20.7 Å². The van der Waals surface area contributed by atoms with Gasteiger partial charge in [-0.05, 0) is 26.6 Å². The molecule has 0 spiro atoms. The minimum Gasteiger partial charge on any atom is -0.542 e. The molecular formula is C13H22O6Y-2. The van der Waals surface area contributed by atoms with Gasteiger partial charge in [0.05, 0.1) is 5.92 Å². The second-order valence-electron chi connectivity index (χ2n) is 3.36. The van der Waals surface area contributed by atoms with Gasteiger partial charge in [0, 0.05) is 39.6 Å². The van der Waals surface area contributed by atoms with Crippen molar-refractivity contribution >= 4 is 29.4 Å². The van der Waals surface area contributed by atoms with Crippen LogP contribution >= 0.6 is 0 Å². The zero-order valence-corrected chi connectivity index (χ0v) is 15.6. The Morgan fingerprint density at radius 1 is 1.05 bits per heavy atom. The molecule has 0 rings (SSSR count). The maximum atomic E-state index is 10.7. The van der Waals surface area contributed by atoms with Crippen molar-refractivity contribution in [3.63, 3.8) is 0 Å². The Labute approximate surface area is 145 Å². The smallest absolute Gasteiger partial charge is 0.208 e. The fourth-order valence-corrected chi connectivity index (χ4v) is 0.490. The van der Waals surface area contributed by atoms with E-state index in [4.69, 9.17) is 4.79 Å². The molecule has 0 aromatic rings. The zero-order chi connectivity index (χ0) is 15.3. The van der Waals surface area contributed by atoms with Gasteiger partial charge in [0.15, 0.2) is 5.78 Å². The van der Waals surface area contributed by atoms with Gasteiger partial charge < -0.3 is 21.5 Å². The molecule has 7 heteroatoms. The van der Waals surface area contributed by atoms with Crippen LogP contribution in [-0.4, -0.2) is 34.9 Å². The monoisotopic (exact) mass is 363 g/mol. The van der Waals surface area contributed by atoms with Crippen LogP contribution in [-0.2, 0) is 56.7 Å². The van der Waals surface area contributed by atoms with Crippen LogP contribution < -0.4 is 0 Å². The van der Waals surface area contributed by atoms with Crippen molar-refractivity contribution in [3.8, 4) is 0 Å². The molecular weight excluding hydrogens is 341 g/mol. The summed E-state index contributed by atoms with van der Waals surface area (Å²) in [4.78, 5) is 50.1. The maximum absolute atomic E-state index is 10.7. The van der Waals surface area contributed by atoms with Gasteiger partial charge >= 0.3 is 0 Å². The van der Waals surface area contributed by atoms with Crippen LogP contribution in [0.2, 0.25) is 0 Å². The molecule has 0 fully saturated rings. The van der Waals surface area contributed by atoms with Crippen LogP contribution in [0.15, 0.2) is 0 Å². The Bertz CT molecular complexity index is 312. The first-order valence-corrected chi connectivity index (χ1v) is 5.29. The van der Waals surface area contributed by atoms with E-state index in [-0.39, 0.29) is 49.8 Å². The van der Waals surface area contributed by atoms with Crippen LogP contribution in [0.4, 0.5) is 0 Å². The molecule has 0 saturated heterocycles. The Hall–Kier alpha value is -0.716. The minimum absolute atomic E-state index is 0. The molecule has 1 radical (unpaired) electrons. The summed E-state index contributed by atoms with van der Waals surface area (Å²) >= 11 is 0. The first kappa shape index (κ1) is 31.6. The Morgan fingerprint density at radius 3 is 1.35 bits per heavy atom. The first-order chi connectivity index (χ1) is 8.15. The van der Waals surface area contributed by atoms with E-state index in [0.717, 1.165) is 0 Å². The SMILES string of the molecule is CC(=O)C(=O)C(C)C(C)=O.C[C-]=O.C[CH-]C(C)=O.O.[Y]. The van der Waals surface area contributed by atoms with Crippen LogP contribution in [0.3, 0.4) is 0 Å². The van der Waals surface area contributed by atoms with Gasteiger partial charge in [0.1, 0.15) is 5.78 Å². The molecule has 0 aliphatic rings. The molecule has 0 aliphatic heterocycles. The van der Waals surface area contributed by atoms with E-state index in [0.29, 0.717) is 0 Å². The van der Waals surface area contributed by atoms with Gasteiger partial charge in [-0.15, -0.1) is 0 Å². The van der Waals surface area contributed by atoms with Crippen molar-refractivity contribution in [2.45, 2.75) is 41.5 Å². The number of carbonyl (C=O) groups excluding carboxylic acids is 5. The largest absolute Gasteiger partial charge is 0.542 e. The molecule has 20 heavy (non-hydrogen) atoms. The van der Waals surface area contributed by atoms with E-state index >= 15 is 0 Å². The summed E-state index contributed by atoms with van der Waals surface area (Å²) in [5.41, 5.74) is 0. The van der Waals surface area contributed by atoms with Gasteiger partial charge in [0.25, 0.3) is 0 Å². The van der Waals surface area contributed by atoms with Crippen molar-refractivity contribution in [2.24, 2.45) is 5.92 Å². The van der Waals surface area contributed by atoms with Crippen molar-refractivity contribution in [1.29, 1.82) is 0 Å². The topological polar surface area (TPSA) is 117 Å². The Kier molecular flexibility index (Phi) is 32.5. The molecule has 0 heterocycles. The van der Waals surface area contributed by atoms with Gasteiger partial charge in [0.2, 0.25) is 5.78 Å². The summed E-state index contributed by atoms with van der Waals surface area (Å²) < 4.78 is 0. The summed E-state index contributed by atoms with van der Waals surface area (Å²) in [6, 6.07) is 0. The number of Topliss-reactive ketones (excluding diaryl/α,β-unsaturated/α-hetero) is 4. The average molecular weight is 363 g/mol. The molecule has 0 amide bonds. The average Bonchev–Trinajstić information content (AvgIpc) is 2.28. The second kappa shape index (κ2) is 20.6. The summed E-state index contributed by atoms with van der Waals surface area (Å²) in [5, 5.41) is 0.